The predicted octanol–water partition coefficient (Wildman–Crippen LogP) is 0.898. The van der Waals surface area contributed by atoms with Crippen molar-refractivity contribution >= 4 is 24.4 Å². The van der Waals surface area contributed by atoms with Gasteiger partial charge in [0.1, 0.15) is 0 Å². The summed E-state index contributed by atoms with van der Waals surface area (Å²) in [5, 5.41) is 2.72. The molecule has 0 aliphatic carbocycles. The summed E-state index contributed by atoms with van der Waals surface area (Å²) in [6, 6.07) is 7.13. The Labute approximate surface area is 106 Å². The minimum Gasteiger partial charge on any atom is -0.370 e. The summed E-state index contributed by atoms with van der Waals surface area (Å²) in [5.74, 6) is -0.539. The Morgan fingerprint density at radius 1 is 1.35 bits per heavy atom. The molecule has 0 heterocycles. The molecule has 0 aliphatic heterocycles. The highest BCUT2D eigenvalue weighted by atomic mass is 32.1. The van der Waals surface area contributed by atoms with Crippen LogP contribution in [-0.4, -0.2) is 17.9 Å². The highest BCUT2D eigenvalue weighted by molar-refractivity contribution is 7.80. The molecule has 17 heavy (non-hydrogen) atoms. The van der Waals surface area contributed by atoms with Crippen LogP contribution in [0, 0.1) is 0 Å². The summed E-state index contributed by atoms with van der Waals surface area (Å²) < 4.78 is 0. The molecule has 0 saturated heterocycles. The third-order valence-electron chi connectivity index (χ3n) is 2.22. The lowest BCUT2D eigenvalue weighted by molar-refractivity contribution is -0.121. The number of amides is 2. The fraction of sp³-hybridized carbons (Fsp3) is 0.333. The van der Waals surface area contributed by atoms with Gasteiger partial charge in [0, 0.05) is 17.4 Å². The molecule has 0 bridgehead atoms. The van der Waals surface area contributed by atoms with Crippen molar-refractivity contribution in [1.29, 1.82) is 0 Å². The molecule has 0 spiro atoms. The predicted molar refractivity (Wildman–Crippen MR) is 68.8 cm³/mol. The van der Waals surface area contributed by atoms with Crippen molar-refractivity contribution in [1.82, 2.24) is 5.32 Å². The van der Waals surface area contributed by atoms with Crippen molar-refractivity contribution in [3.8, 4) is 0 Å². The van der Waals surface area contributed by atoms with Crippen molar-refractivity contribution in [2.75, 3.05) is 0 Å². The first-order chi connectivity index (χ1) is 7.97. The number of hydrogen-bond donors (Lipinski definition) is 3. The monoisotopic (exact) mass is 252 g/mol. The lowest BCUT2D eigenvalue weighted by Crippen LogP contribution is -2.36. The quantitative estimate of drug-likeness (QED) is 0.681. The number of carbonyl (C=O) groups excluding carboxylic acids is 2. The largest absolute Gasteiger partial charge is 0.370 e. The highest BCUT2D eigenvalue weighted by Crippen LogP contribution is 2.08. The molecule has 0 aromatic heterocycles. The topological polar surface area (TPSA) is 72.2 Å². The number of primary amides is 1. The molecule has 4 nitrogen and oxygen atoms in total. The molecule has 1 aromatic rings. The van der Waals surface area contributed by atoms with Crippen LogP contribution >= 0.6 is 12.6 Å². The van der Waals surface area contributed by atoms with Crippen LogP contribution in [0.4, 0.5) is 0 Å². The minimum absolute atomic E-state index is 0.120. The molecule has 1 aromatic carbocycles. The lowest BCUT2D eigenvalue weighted by atomic mass is 10.1. The normalized spacial score (nSPS) is 11.9. The molecule has 0 aliphatic rings. The molecule has 1 atom stereocenters. The van der Waals surface area contributed by atoms with Crippen LogP contribution in [0.15, 0.2) is 29.2 Å². The van der Waals surface area contributed by atoms with E-state index in [1.54, 1.807) is 6.92 Å². The van der Waals surface area contributed by atoms with Crippen LogP contribution in [0.3, 0.4) is 0 Å². The second kappa shape index (κ2) is 6.30. The van der Waals surface area contributed by atoms with Gasteiger partial charge in [0.2, 0.25) is 11.8 Å². The number of hydrogen-bond acceptors (Lipinski definition) is 3. The number of benzene rings is 1. The summed E-state index contributed by atoms with van der Waals surface area (Å²) in [6.45, 7) is 1.75. The standard InChI is InChI=1S/C12H16N2O2S/c1-8(6-11(13)15)14-12(16)7-9-2-4-10(17)5-3-9/h2-5,8,17H,6-7H2,1H3,(H2,13,15)(H,14,16). The number of nitrogens with two attached hydrogens (primary N) is 1. The second-order valence-electron chi connectivity index (χ2n) is 3.98. The smallest absolute Gasteiger partial charge is 0.224 e. The number of rotatable bonds is 5. The molecule has 1 unspecified atom stereocenters. The first-order valence-corrected chi connectivity index (χ1v) is 5.77. The van der Waals surface area contributed by atoms with Crippen LogP contribution in [0.25, 0.3) is 0 Å². The molecule has 0 radical (unpaired) electrons. The van der Waals surface area contributed by atoms with Crippen LogP contribution in [-0.2, 0) is 16.0 Å². The van der Waals surface area contributed by atoms with Crippen molar-refractivity contribution in [3.05, 3.63) is 29.8 Å². The fourth-order valence-corrected chi connectivity index (χ4v) is 1.63. The third kappa shape index (κ3) is 5.40. The Bertz CT molecular complexity index is 403. The number of thiol groups is 1. The zero-order valence-electron chi connectivity index (χ0n) is 9.64. The van der Waals surface area contributed by atoms with Gasteiger partial charge >= 0.3 is 0 Å². The van der Waals surface area contributed by atoms with E-state index in [0.717, 1.165) is 10.5 Å². The maximum absolute atomic E-state index is 11.6. The maximum Gasteiger partial charge on any atom is 0.224 e. The Morgan fingerprint density at radius 3 is 2.47 bits per heavy atom. The maximum atomic E-state index is 11.6. The molecule has 0 saturated carbocycles. The Morgan fingerprint density at radius 2 is 1.94 bits per heavy atom. The van der Waals surface area contributed by atoms with Gasteiger partial charge in [0.25, 0.3) is 0 Å². The molecule has 92 valence electrons. The van der Waals surface area contributed by atoms with Gasteiger partial charge in [-0.05, 0) is 24.6 Å². The Hall–Kier alpha value is -1.49. The Kier molecular flexibility index (Phi) is 5.03. The SMILES string of the molecule is CC(CC(N)=O)NC(=O)Cc1ccc(S)cc1. The van der Waals surface area contributed by atoms with Gasteiger partial charge in [0.15, 0.2) is 0 Å². The number of carbonyl (C=O) groups is 2. The van der Waals surface area contributed by atoms with Gasteiger partial charge in [0.05, 0.1) is 6.42 Å². The van der Waals surface area contributed by atoms with Crippen molar-refractivity contribution < 1.29 is 9.59 Å². The first kappa shape index (κ1) is 13.6. The zero-order valence-corrected chi connectivity index (χ0v) is 10.5. The summed E-state index contributed by atoms with van der Waals surface area (Å²) in [5.41, 5.74) is 5.95. The van der Waals surface area contributed by atoms with E-state index in [2.05, 4.69) is 17.9 Å². The van der Waals surface area contributed by atoms with E-state index < -0.39 is 5.91 Å². The van der Waals surface area contributed by atoms with E-state index in [4.69, 9.17) is 5.73 Å². The first-order valence-electron chi connectivity index (χ1n) is 5.33. The Balaban J connectivity index is 2.44. The molecular weight excluding hydrogens is 236 g/mol. The lowest BCUT2D eigenvalue weighted by Gasteiger charge is -2.11. The van der Waals surface area contributed by atoms with Crippen LogP contribution < -0.4 is 11.1 Å². The summed E-state index contributed by atoms with van der Waals surface area (Å²) in [7, 11) is 0. The molecule has 3 N–H and O–H groups in total. The molecule has 2 amide bonds. The summed E-state index contributed by atoms with van der Waals surface area (Å²) in [4.78, 5) is 23.1. The van der Waals surface area contributed by atoms with Crippen LogP contribution in [0.2, 0.25) is 0 Å². The highest BCUT2D eigenvalue weighted by Gasteiger charge is 2.10. The van der Waals surface area contributed by atoms with E-state index in [1.807, 2.05) is 24.3 Å². The van der Waals surface area contributed by atoms with E-state index in [-0.39, 0.29) is 24.8 Å². The van der Waals surface area contributed by atoms with Gasteiger partial charge < -0.3 is 11.1 Å². The molecule has 1 rings (SSSR count). The molecule has 0 fully saturated rings. The van der Waals surface area contributed by atoms with E-state index >= 15 is 0 Å². The van der Waals surface area contributed by atoms with Crippen molar-refractivity contribution in [2.45, 2.75) is 30.7 Å². The second-order valence-corrected chi connectivity index (χ2v) is 4.50. The van der Waals surface area contributed by atoms with E-state index in [1.165, 1.54) is 0 Å². The summed E-state index contributed by atoms with van der Waals surface area (Å²) in [6.07, 6.45) is 0.443. The van der Waals surface area contributed by atoms with Gasteiger partial charge in [-0.2, -0.15) is 0 Å². The van der Waals surface area contributed by atoms with E-state index in [0.29, 0.717) is 0 Å². The molecule has 5 heteroatoms. The van der Waals surface area contributed by atoms with Crippen LogP contribution in [0.5, 0.6) is 0 Å². The van der Waals surface area contributed by atoms with Crippen molar-refractivity contribution in [2.24, 2.45) is 5.73 Å². The average molecular weight is 252 g/mol. The van der Waals surface area contributed by atoms with Gasteiger partial charge in [-0.25, -0.2) is 0 Å². The summed E-state index contributed by atoms with van der Waals surface area (Å²) >= 11 is 4.16. The fourth-order valence-electron chi connectivity index (χ4n) is 1.48. The van der Waals surface area contributed by atoms with Crippen molar-refractivity contribution in [3.63, 3.8) is 0 Å². The average Bonchev–Trinajstić information content (AvgIpc) is 2.19. The zero-order chi connectivity index (χ0) is 12.8. The van der Waals surface area contributed by atoms with E-state index in [9.17, 15) is 9.59 Å². The van der Waals surface area contributed by atoms with Crippen LogP contribution in [0.1, 0.15) is 18.9 Å². The third-order valence-corrected chi connectivity index (χ3v) is 2.51. The number of nitrogens with one attached hydrogen (secondary N) is 1. The van der Waals surface area contributed by atoms with Gasteiger partial charge in [-0.1, -0.05) is 12.1 Å². The minimum atomic E-state index is -0.419. The van der Waals surface area contributed by atoms with Gasteiger partial charge in [-0.15, -0.1) is 12.6 Å². The van der Waals surface area contributed by atoms with Gasteiger partial charge in [-0.3, -0.25) is 9.59 Å². The molecular formula is C12H16N2O2S.